The SMILES string of the molecule is COc1ccccc1S(=O)(=O)CCCC(=O)c1cccs1. The molecule has 0 N–H and O–H groups in total. The summed E-state index contributed by atoms with van der Waals surface area (Å²) in [6.07, 6.45) is 0.534. The number of carbonyl (C=O) groups is 1. The van der Waals surface area contributed by atoms with Gasteiger partial charge < -0.3 is 4.74 Å². The molecule has 1 heterocycles. The Balaban J connectivity index is 2.00. The molecule has 0 saturated carbocycles. The van der Waals surface area contributed by atoms with E-state index in [1.807, 2.05) is 11.4 Å². The number of ether oxygens (including phenoxy) is 1. The number of carbonyl (C=O) groups excluding carboxylic acids is 1. The minimum absolute atomic E-state index is 0.0137. The molecule has 1 aromatic heterocycles. The van der Waals surface area contributed by atoms with Crippen LogP contribution in [0.4, 0.5) is 0 Å². The van der Waals surface area contributed by atoms with Crippen LogP contribution >= 0.6 is 11.3 Å². The van der Waals surface area contributed by atoms with Crippen molar-refractivity contribution in [2.24, 2.45) is 0 Å². The Morgan fingerprint density at radius 1 is 1.19 bits per heavy atom. The van der Waals surface area contributed by atoms with Gasteiger partial charge in [0.15, 0.2) is 15.6 Å². The van der Waals surface area contributed by atoms with E-state index in [0.29, 0.717) is 17.0 Å². The molecule has 1 aromatic carbocycles. The highest BCUT2D eigenvalue weighted by Crippen LogP contribution is 2.24. The summed E-state index contributed by atoms with van der Waals surface area (Å²) in [5.74, 6) is 0.257. The molecule has 0 atom stereocenters. The topological polar surface area (TPSA) is 60.4 Å². The fourth-order valence-electron chi connectivity index (χ4n) is 1.97. The molecule has 4 nitrogen and oxygen atoms in total. The Kier molecular flexibility index (Phi) is 5.14. The average Bonchev–Trinajstić information content (AvgIpc) is 3.01. The minimum Gasteiger partial charge on any atom is -0.495 e. The van der Waals surface area contributed by atoms with Crippen LogP contribution in [-0.2, 0) is 9.84 Å². The number of thiophene rings is 1. The summed E-state index contributed by atoms with van der Waals surface area (Å²) < 4.78 is 29.7. The molecular weight excluding hydrogens is 308 g/mol. The minimum atomic E-state index is -3.44. The van der Waals surface area contributed by atoms with Crippen molar-refractivity contribution >= 4 is 27.0 Å². The van der Waals surface area contributed by atoms with Gasteiger partial charge in [0, 0.05) is 6.42 Å². The second-order valence-corrected chi connectivity index (χ2v) is 7.50. The molecule has 0 fully saturated rings. The summed E-state index contributed by atoms with van der Waals surface area (Å²) in [6.45, 7) is 0. The van der Waals surface area contributed by atoms with Crippen molar-refractivity contribution in [1.29, 1.82) is 0 Å². The molecular formula is C15H16O4S2. The molecule has 0 amide bonds. The lowest BCUT2D eigenvalue weighted by Crippen LogP contribution is -2.10. The Bertz CT molecular complexity index is 703. The Labute approximate surface area is 128 Å². The van der Waals surface area contributed by atoms with Crippen molar-refractivity contribution < 1.29 is 17.9 Å². The Morgan fingerprint density at radius 3 is 2.62 bits per heavy atom. The van der Waals surface area contributed by atoms with Gasteiger partial charge in [0.05, 0.1) is 17.7 Å². The van der Waals surface area contributed by atoms with Crippen LogP contribution in [0.3, 0.4) is 0 Å². The van der Waals surface area contributed by atoms with Gasteiger partial charge in [-0.1, -0.05) is 18.2 Å². The van der Waals surface area contributed by atoms with Crippen LogP contribution < -0.4 is 4.74 Å². The maximum atomic E-state index is 12.3. The molecule has 0 bridgehead atoms. The molecule has 2 rings (SSSR count). The molecule has 0 spiro atoms. The first kappa shape index (κ1) is 15.7. The molecule has 0 unspecified atom stereocenters. The molecule has 0 aliphatic rings. The lowest BCUT2D eigenvalue weighted by molar-refractivity contribution is 0.0986. The van der Waals surface area contributed by atoms with E-state index >= 15 is 0 Å². The number of sulfone groups is 1. The normalized spacial score (nSPS) is 11.3. The van der Waals surface area contributed by atoms with E-state index in [9.17, 15) is 13.2 Å². The lowest BCUT2D eigenvalue weighted by Gasteiger charge is -2.08. The number of Topliss-reactive ketones (excluding diaryl/α,β-unsaturated/α-hetero) is 1. The van der Waals surface area contributed by atoms with Crippen molar-refractivity contribution in [3.05, 3.63) is 46.7 Å². The average molecular weight is 324 g/mol. The second-order valence-electron chi connectivity index (χ2n) is 4.47. The number of ketones is 1. The van der Waals surface area contributed by atoms with Crippen LogP contribution in [0, 0.1) is 0 Å². The third-order valence-corrected chi connectivity index (χ3v) is 5.76. The number of hydrogen-bond acceptors (Lipinski definition) is 5. The first-order valence-electron chi connectivity index (χ1n) is 6.47. The maximum Gasteiger partial charge on any atom is 0.182 e. The highest BCUT2D eigenvalue weighted by atomic mass is 32.2. The predicted octanol–water partition coefficient (Wildman–Crippen LogP) is 3.19. The molecule has 0 saturated heterocycles. The van der Waals surface area contributed by atoms with E-state index in [2.05, 4.69) is 0 Å². The zero-order valence-electron chi connectivity index (χ0n) is 11.6. The van der Waals surface area contributed by atoms with Gasteiger partial charge >= 0.3 is 0 Å². The van der Waals surface area contributed by atoms with E-state index in [1.54, 1.807) is 24.3 Å². The van der Waals surface area contributed by atoms with E-state index in [0.717, 1.165) is 0 Å². The molecule has 0 aliphatic heterocycles. The van der Waals surface area contributed by atoms with Crippen LogP contribution in [0.5, 0.6) is 5.75 Å². The summed E-state index contributed by atoms with van der Waals surface area (Å²) in [6, 6.07) is 10.1. The number of benzene rings is 1. The quantitative estimate of drug-likeness (QED) is 0.734. The first-order valence-corrected chi connectivity index (χ1v) is 9.00. The third-order valence-electron chi connectivity index (χ3n) is 3.02. The Hall–Kier alpha value is -1.66. The number of rotatable bonds is 7. The van der Waals surface area contributed by atoms with E-state index in [4.69, 9.17) is 4.74 Å². The van der Waals surface area contributed by atoms with Crippen LogP contribution in [0.2, 0.25) is 0 Å². The molecule has 112 valence electrons. The highest BCUT2D eigenvalue weighted by molar-refractivity contribution is 7.91. The largest absolute Gasteiger partial charge is 0.495 e. The summed E-state index contributed by atoms with van der Waals surface area (Å²) in [5.41, 5.74) is 0. The number of para-hydroxylation sites is 1. The van der Waals surface area contributed by atoms with E-state index in [1.165, 1.54) is 24.5 Å². The molecule has 21 heavy (non-hydrogen) atoms. The number of methoxy groups -OCH3 is 1. The second kappa shape index (κ2) is 6.87. The monoisotopic (exact) mass is 324 g/mol. The fraction of sp³-hybridized carbons (Fsp3) is 0.267. The highest BCUT2D eigenvalue weighted by Gasteiger charge is 2.19. The maximum absolute atomic E-state index is 12.3. The summed E-state index contributed by atoms with van der Waals surface area (Å²) in [4.78, 5) is 12.7. The van der Waals surface area contributed by atoms with Crippen molar-refractivity contribution in [3.8, 4) is 5.75 Å². The molecule has 0 radical (unpaired) electrons. The summed E-state index contributed by atoms with van der Waals surface area (Å²) >= 11 is 1.37. The van der Waals surface area contributed by atoms with Crippen molar-refractivity contribution in [2.75, 3.05) is 12.9 Å². The van der Waals surface area contributed by atoms with Gasteiger partial charge in [-0.05, 0) is 30.0 Å². The summed E-state index contributed by atoms with van der Waals surface area (Å²) in [5, 5.41) is 1.83. The van der Waals surface area contributed by atoms with E-state index < -0.39 is 9.84 Å². The van der Waals surface area contributed by atoms with Gasteiger partial charge in [0.2, 0.25) is 0 Å². The fourth-order valence-corrected chi connectivity index (χ4v) is 4.15. The van der Waals surface area contributed by atoms with Gasteiger partial charge in [-0.3, -0.25) is 4.79 Å². The zero-order valence-corrected chi connectivity index (χ0v) is 13.2. The molecule has 0 aliphatic carbocycles. The smallest absolute Gasteiger partial charge is 0.182 e. The van der Waals surface area contributed by atoms with Gasteiger partial charge in [-0.25, -0.2) is 8.42 Å². The van der Waals surface area contributed by atoms with Crippen LogP contribution in [0.15, 0.2) is 46.7 Å². The van der Waals surface area contributed by atoms with Gasteiger partial charge in [-0.2, -0.15) is 0 Å². The van der Waals surface area contributed by atoms with Crippen LogP contribution in [0.25, 0.3) is 0 Å². The first-order chi connectivity index (χ1) is 10.0. The van der Waals surface area contributed by atoms with Gasteiger partial charge in [0.1, 0.15) is 10.6 Å². The van der Waals surface area contributed by atoms with Gasteiger partial charge in [-0.15, -0.1) is 11.3 Å². The van der Waals surface area contributed by atoms with Crippen molar-refractivity contribution in [1.82, 2.24) is 0 Å². The van der Waals surface area contributed by atoms with Crippen LogP contribution in [-0.4, -0.2) is 27.1 Å². The Morgan fingerprint density at radius 2 is 1.95 bits per heavy atom. The standard InChI is InChI=1S/C15H16O4S2/c1-19-13-7-2-3-9-15(13)21(17,18)11-5-6-12(16)14-8-4-10-20-14/h2-4,7-10H,5-6,11H2,1H3. The lowest BCUT2D eigenvalue weighted by atomic mass is 10.2. The van der Waals surface area contributed by atoms with Gasteiger partial charge in [0.25, 0.3) is 0 Å². The van der Waals surface area contributed by atoms with E-state index in [-0.39, 0.29) is 22.9 Å². The summed E-state index contributed by atoms with van der Waals surface area (Å²) in [7, 11) is -2.00. The van der Waals surface area contributed by atoms with Crippen molar-refractivity contribution in [2.45, 2.75) is 17.7 Å². The van der Waals surface area contributed by atoms with Crippen LogP contribution in [0.1, 0.15) is 22.5 Å². The molecule has 6 heteroatoms. The molecule has 2 aromatic rings. The predicted molar refractivity (Wildman–Crippen MR) is 82.9 cm³/mol. The zero-order chi connectivity index (χ0) is 15.3. The third kappa shape index (κ3) is 3.92. The van der Waals surface area contributed by atoms with Crippen molar-refractivity contribution in [3.63, 3.8) is 0 Å². The number of hydrogen-bond donors (Lipinski definition) is 0.